The lowest BCUT2D eigenvalue weighted by molar-refractivity contribution is -0.124. The highest BCUT2D eigenvalue weighted by molar-refractivity contribution is 7.80. The molecule has 0 radical (unpaired) electrons. The van der Waals surface area contributed by atoms with Crippen molar-refractivity contribution in [1.29, 1.82) is 0 Å². The molecule has 1 amide bonds. The highest BCUT2D eigenvalue weighted by Crippen LogP contribution is 2.17. The number of nitrogens with one attached hydrogen (secondary N) is 1. The van der Waals surface area contributed by atoms with Gasteiger partial charge in [0.1, 0.15) is 10.7 Å². The van der Waals surface area contributed by atoms with Gasteiger partial charge in [-0.25, -0.2) is 0 Å². The Morgan fingerprint density at radius 3 is 3.00 bits per heavy atom. The molecule has 3 N–H and O–H groups in total. The average molecular weight is 293 g/mol. The van der Waals surface area contributed by atoms with Crippen LogP contribution in [0.15, 0.2) is 24.3 Å². The van der Waals surface area contributed by atoms with E-state index < -0.39 is 0 Å². The van der Waals surface area contributed by atoms with E-state index >= 15 is 0 Å². The van der Waals surface area contributed by atoms with Crippen LogP contribution in [0.2, 0.25) is 0 Å². The van der Waals surface area contributed by atoms with Gasteiger partial charge in [0, 0.05) is 19.6 Å². The van der Waals surface area contributed by atoms with E-state index in [0.717, 1.165) is 37.4 Å². The molecule has 0 saturated carbocycles. The monoisotopic (exact) mass is 293 g/mol. The summed E-state index contributed by atoms with van der Waals surface area (Å²) in [5, 5.41) is 2.81. The maximum Gasteiger partial charge on any atom is 0.234 e. The van der Waals surface area contributed by atoms with Crippen LogP contribution in [0, 0.1) is 0 Å². The second kappa shape index (κ2) is 7.21. The fraction of sp³-hybridized carbons (Fsp3) is 0.429. The zero-order chi connectivity index (χ0) is 14.4. The van der Waals surface area contributed by atoms with Gasteiger partial charge in [0.05, 0.1) is 18.7 Å². The Bertz CT molecular complexity index is 493. The van der Waals surface area contributed by atoms with Crippen molar-refractivity contribution in [2.75, 3.05) is 32.8 Å². The Kier molecular flexibility index (Phi) is 5.31. The van der Waals surface area contributed by atoms with Crippen LogP contribution in [0.5, 0.6) is 5.75 Å². The molecule has 0 atom stereocenters. The molecule has 1 aromatic rings. The molecule has 1 heterocycles. The number of hydrogen-bond acceptors (Lipinski definition) is 4. The molecule has 1 saturated heterocycles. The van der Waals surface area contributed by atoms with Crippen LogP contribution in [0.1, 0.15) is 12.0 Å². The van der Waals surface area contributed by atoms with Crippen molar-refractivity contribution in [3.63, 3.8) is 0 Å². The first-order chi connectivity index (χ1) is 9.66. The Hall–Kier alpha value is -1.66. The second-order valence-electron chi connectivity index (χ2n) is 4.69. The third-order valence-corrected chi connectivity index (χ3v) is 3.37. The summed E-state index contributed by atoms with van der Waals surface area (Å²) in [5.41, 5.74) is 6.41. The van der Waals surface area contributed by atoms with Gasteiger partial charge in [0.15, 0.2) is 0 Å². The molecule has 5 nitrogen and oxygen atoms in total. The standard InChI is InChI=1S/C14H19N3O2S/c15-14(20)11-4-1-2-5-12(11)19-9-3-7-17-8-6-16-13(18)10-17/h1-2,4-5H,3,6-10H2,(H2,15,20)(H,16,18). The minimum atomic E-state index is 0.0935. The molecule has 6 heteroatoms. The van der Waals surface area contributed by atoms with Crippen molar-refractivity contribution in [2.45, 2.75) is 6.42 Å². The molecule has 0 spiro atoms. The van der Waals surface area contributed by atoms with Gasteiger partial charge >= 0.3 is 0 Å². The molecule has 2 rings (SSSR count). The van der Waals surface area contributed by atoms with Gasteiger partial charge in [-0.15, -0.1) is 0 Å². The largest absolute Gasteiger partial charge is 0.493 e. The van der Waals surface area contributed by atoms with Crippen molar-refractivity contribution in [2.24, 2.45) is 5.73 Å². The quantitative estimate of drug-likeness (QED) is 0.591. The first kappa shape index (κ1) is 14.7. The van der Waals surface area contributed by atoms with Crippen LogP contribution in [-0.2, 0) is 4.79 Å². The number of piperazine rings is 1. The summed E-state index contributed by atoms with van der Waals surface area (Å²) in [4.78, 5) is 13.7. The summed E-state index contributed by atoms with van der Waals surface area (Å²) < 4.78 is 5.72. The van der Waals surface area contributed by atoms with Gasteiger partial charge < -0.3 is 15.8 Å². The van der Waals surface area contributed by atoms with E-state index in [-0.39, 0.29) is 5.91 Å². The normalized spacial score (nSPS) is 15.7. The van der Waals surface area contributed by atoms with Crippen LogP contribution < -0.4 is 15.8 Å². The van der Waals surface area contributed by atoms with Crippen LogP contribution in [0.4, 0.5) is 0 Å². The summed E-state index contributed by atoms with van der Waals surface area (Å²) in [5.74, 6) is 0.812. The minimum Gasteiger partial charge on any atom is -0.493 e. The van der Waals surface area contributed by atoms with Crippen molar-refractivity contribution >= 4 is 23.1 Å². The van der Waals surface area contributed by atoms with E-state index in [2.05, 4.69) is 10.2 Å². The number of hydrogen-bond donors (Lipinski definition) is 2. The fourth-order valence-electron chi connectivity index (χ4n) is 2.15. The predicted octanol–water partition coefficient (Wildman–Crippen LogP) is 0.522. The maximum atomic E-state index is 11.2. The highest BCUT2D eigenvalue weighted by Gasteiger charge is 2.15. The van der Waals surface area contributed by atoms with E-state index in [4.69, 9.17) is 22.7 Å². The van der Waals surface area contributed by atoms with E-state index in [9.17, 15) is 4.79 Å². The van der Waals surface area contributed by atoms with Crippen LogP contribution in [0.25, 0.3) is 0 Å². The predicted molar refractivity (Wildman–Crippen MR) is 81.9 cm³/mol. The first-order valence-electron chi connectivity index (χ1n) is 6.67. The summed E-state index contributed by atoms with van der Waals surface area (Å²) in [6, 6.07) is 7.50. The van der Waals surface area contributed by atoms with E-state index in [1.807, 2.05) is 24.3 Å². The number of carbonyl (C=O) groups is 1. The number of carbonyl (C=O) groups excluding carboxylic acids is 1. The Labute approximate surface area is 124 Å². The summed E-state index contributed by atoms with van der Waals surface area (Å²) in [7, 11) is 0. The molecular weight excluding hydrogens is 274 g/mol. The van der Waals surface area contributed by atoms with E-state index in [0.29, 0.717) is 18.1 Å². The number of thiocarbonyl (C=S) groups is 1. The summed E-state index contributed by atoms with van der Waals surface area (Å²) in [6.45, 7) is 3.53. The molecule has 1 fully saturated rings. The van der Waals surface area contributed by atoms with Gasteiger partial charge in [0.2, 0.25) is 5.91 Å². The van der Waals surface area contributed by atoms with Crippen LogP contribution >= 0.6 is 12.2 Å². The number of amides is 1. The van der Waals surface area contributed by atoms with Gasteiger partial charge in [0.25, 0.3) is 0 Å². The number of nitrogens with zero attached hydrogens (tertiary/aromatic N) is 1. The number of para-hydroxylation sites is 1. The summed E-state index contributed by atoms with van der Waals surface area (Å²) >= 11 is 4.99. The lowest BCUT2D eigenvalue weighted by Gasteiger charge is -2.26. The molecule has 0 aliphatic carbocycles. The SMILES string of the molecule is NC(=S)c1ccccc1OCCCN1CCNC(=O)C1. The smallest absolute Gasteiger partial charge is 0.234 e. The van der Waals surface area contributed by atoms with Gasteiger partial charge in [-0.3, -0.25) is 9.69 Å². The zero-order valence-corrected chi connectivity index (χ0v) is 12.1. The maximum absolute atomic E-state index is 11.2. The molecule has 0 aromatic heterocycles. The number of rotatable bonds is 6. The molecule has 1 aliphatic rings. The highest BCUT2D eigenvalue weighted by atomic mass is 32.1. The Morgan fingerprint density at radius 2 is 2.25 bits per heavy atom. The minimum absolute atomic E-state index is 0.0935. The first-order valence-corrected chi connectivity index (χ1v) is 7.08. The van der Waals surface area contributed by atoms with Crippen molar-refractivity contribution in [3.05, 3.63) is 29.8 Å². The Balaban J connectivity index is 1.76. The average Bonchev–Trinajstić information content (AvgIpc) is 2.44. The number of benzene rings is 1. The van der Waals surface area contributed by atoms with Gasteiger partial charge in [-0.1, -0.05) is 24.4 Å². The molecule has 20 heavy (non-hydrogen) atoms. The van der Waals surface area contributed by atoms with Gasteiger partial charge in [-0.05, 0) is 18.6 Å². The topological polar surface area (TPSA) is 67.6 Å². The van der Waals surface area contributed by atoms with Crippen LogP contribution in [-0.4, -0.2) is 48.6 Å². The lowest BCUT2D eigenvalue weighted by Crippen LogP contribution is -2.47. The molecular formula is C14H19N3O2S. The van der Waals surface area contributed by atoms with E-state index in [1.54, 1.807) is 0 Å². The van der Waals surface area contributed by atoms with Crippen molar-refractivity contribution in [1.82, 2.24) is 10.2 Å². The molecule has 108 valence electrons. The van der Waals surface area contributed by atoms with Gasteiger partial charge in [-0.2, -0.15) is 0 Å². The van der Waals surface area contributed by atoms with Crippen LogP contribution in [0.3, 0.4) is 0 Å². The third-order valence-electron chi connectivity index (χ3n) is 3.15. The number of nitrogens with two attached hydrogens (primary N) is 1. The molecule has 0 unspecified atom stereocenters. The summed E-state index contributed by atoms with van der Waals surface area (Å²) in [6.07, 6.45) is 0.860. The second-order valence-corrected chi connectivity index (χ2v) is 5.13. The van der Waals surface area contributed by atoms with Crippen molar-refractivity contribution < 1.29 is 9.53 Å². The Morgan fingerprint density at radius 1 is 1.45 bits per heavy atom. The van der Waals surface area contributed by atoms with E-state index in [1.165, 1.54) is 0 Å². The zero-order valence-electron chi connectivity index (χ0n) is 11.3. The molecule has 0 bridgehead atoms. The number of ether oxygens (including phenoxy) is 1. The molecule has 1 aromatic carbocycles. The third kappa shape index (κ3) is 4.18. The lowest BCUT2D eigenvalue weighted by atomic mass is 10.2. The van der Waals surface area contributed by atoms with Crippen molar-refractivity contribution in [3.8, 4) is 5.75 Å². The molecule has 1 aliphatic heterocycles. The fourth-order valence-corrected chi connectivity index (χ4v) is 2.32.